The molecular formula is C10H17NO. The van der Waals surface area contributed by atoms with Crippen molar-refractivity contribution in [3.63, 3.8) is 0 Å². The Morgan fingerprint density at radius 3 is 3.00 bits per heavy atom. The maximum absolute atomic E-state index is 8.90. The molecule has 1 rings (SSSR count). The second-order valence-electron chi connectivity index (χ2n) is 3.45. The van der Waals surface area contributed by atoms with E-state index in [1.165, 1.54) is 0 Å². The lowest BCUT2D eigenvalue weighted by atomic mass is 10.1. The number of unbranched alkanes of at least 4 members (excludes halogenated alkanes) is 1. The van der Waals surface area contributed by atoms with Crippen molar-refractivity contribution in [2.45, 2.75) is 19.3 Å². The van der Waals surface area contributed by atoms with Gasteiger partial charge in [-0.05, 0) is 31.8 Å². The van der Waals surface area contributed by atoms with E-state index >= 15 is 0 Å². The number of aliphatic hydroxyl groups is 1. The Kier molecular flexibility index (Phi) is 4.13. The van der Waals surface area contributed by atoms with Gasteiger partial charge >= 0.3 is 0 Å². The molecule has 1 unspecified atom stereocenters. The maximum Gasteiger partial charge on any atom is 0.0471 e. The molecule has 0 aromatic carbocycles. The number of nitrogens with zero attached hydrogens (tertiary/aromatic N) is 1. The summed E-state index contributed by atoms with van der Waals surface area (Å²) in [4.78, 5) is 2.39. The molecule has 0 aromatic heterocycles. The Morgan fingerprint density at radius 2 is 2.42 bits per heavy atom. The quantitative estimate of drug-likeness (QED) is 0.492. The minimum Gasteiger partial charge on any atom is -0.396 e. The molecule has 0 aromatic rings. The lowest BCUT2D eigenvalue weighted by molar-refractivity contribution is 0.221. The summed E-state index contributed by atoms with van der Waals surface area (Å²) in [6.45, 7) is 3.63. The summed E-state index contributed by atoms with van der Waals surface area (Å²) in [7, 11) is 0. The van der Waals surface area contributed by atoms with Gasteiger partial charge in [0.15, 0.2) is 0 Å². The number of likely N-dealkylation sites (tertiary alicyclic amines) is 1. The molecule has 0 amide bonds. The molecule has 0 spiro atoms. The summed E-state index contributed by atoms with van der Waals surface area (Å²) in [5, 5.41) is 8.90. The number of rotatable bonds is 4. The van der Waals surface area contributed by atoms with E-state index in [2.05, 4.69) is 10.8 Å². The fraction of sp³-hybridized carbons (Fsp3) is 0.800. The van der Waals surface area contributed by atoms with Gasteiger partial charge in [-0.25, -0.2) is 0 Å². The molecule has 0 saturated carbocycles. The van der Waals surface area contributed by atoms with Crippen LogP contribution >= 0.6 is 0 Å². The van der Waals surface area contributed by atoms with E-state index in [9.17, 15) is 0 Å². The summed E-state index contributed by atoms with van der Waals surface area (Å²) >= 11 is 0. The molecule has 1 heterocycles. The smallest absolute Gasteiger partial charge is 0.0471 e. The molecule has 1 aliphatic rings. The second kappa shape index (κ2) is 5.18. The highest BCUT2D eigenvalue weighted by Crippen LogP contribution is 2.15. The largest absolute Gasteiger partial charge is 0.396 e. The van der Waals surface area contributed by atoms with E-state index in [1.807, 2.05) is 0 Å². The summed E-state index contributed by atoms with van der Waals surface area (Å²) in [6.07, 6.45) is 8.27. The molecule has 1 aliphatic heterocycles. The third-order valence-electron chi connectivity index (χ3n) is 2.42. The third-order valence-corrected chi connectivity index (χ3v) is 2.42. The monoisotopic (exact) mass is 167 g/mol. The van der Waals surface area contributed by atoms with Crippen LogP contribution in [0, 0.1) is 18.3 Å². The van der Waals surface area contributed by atoms with Crippen molar-refractivity contribution in [3.8, 4) is 12.3 Å². The van der Waals surface area contributed by atoms with Crippen molar-refractivity contribution in [3.05, 3.63) is 0 Å². The predicted molar refractivity (Wildman–Crippen MR) is 49.7 cm³/mol. The third kappa shape index (κ3) is 2.84. The van der Waals surface area contributed by atoms with Crippen LogP contribution in [0.1, 0.15) is 19.3 Å². The Morgan fingerprint density at radius 1 is 1.58 bits per heavy atom. The first-order chi connectivity index (χ1) is 5.86. The van der Waals surface area contributed by atoms with Gasteiger partial charge in [0.25, 0.3) is 0 Å². The topological polar surface area (TPSA) is 23.5 Å². The number of hydrogen-bond acceptors (Lipinski definition) is 2. The molecular weight excluding hydrogens is 150 g/mol. The Hall–Kier alpha value is -0.520. The first-order valence-corrected chi connectivity index (χ1v) is 4.63. The van der Waals surface area contributed by atoms with Crippen LogP contribution in [0.25, 0.3) is 0 Å². The van der Waals surface area contributed by atoms with Gasteiger partial charge in [-0.2, -0.15) is 0 Å². The molecule has 12 heavy (non-hydrogen) atoms. The summed E-state index contributed by atoms with van der Waals surface area (Å²) < 4.78 is 0. The first kappa shape index (κ1) is 9.57. The number of hydrogen-bond donors (Lipinski definition) is 1. The van der Waals surface area contributed by atoms with Crippen molar-refractivity contribution in [1.29, 1.82) is 0 Å². The molecule has 68 valence electrons. The molecule has 1 saturated heterocycles. The zero-order chi connectivity index (χ0) is 8.81. The van der Waals surface area contributed by atoms with Crippen LogP contribution in [0.15, 0.2) is 0 Å². The fourth-order valence-electron chi connectivity index (χ4n) is 1.67. The summed E-state index contributed by atoms with van der Waals surface area (Å²) in [6, 6.07) is 0. The average molecular weight is 167 g/mol. The van der Waals surface area contributed by atoms with Crippen molar-refractivity contribution in [2.24, 2.45) is 5.92 Å². The lowest BCUT2D eigenvalue weighted by Gasteiger charge is -2.13. The van der Waals surface area contributed by atoms with E-state index in [-0.39, 0.29) is 0 Å². The van der Waals surface area contributed by atoms with Gasteiger partial charge in [-0.1, -0.05) is 0 Å². The first-order valence-electron chi connectivity index (χ1n) is 4.63. The zero-order valence-corrected chi connectivity index (χ0v) is 7.50. The SMILES string of the molecule is C#CCCCN1CCC(CO)C1. The van der Waals surface area contributed by atoms with Crippen molar-refractivity contribution in [2.75, 3.05) is 26.2 Å². The molecule has 1 atom stereocenters. The van der Waals surface area contributed by atoms with Crippen LogP contribution in [-0.4, -0.2) is 36.2 Å². The molecule has 1 fully saturated rings. The summed E-state index contributed by atoms with van der Waals surface area (Å²) in [5.74, 6) is 3.15. The minimum absolute atomic E-state index is 0.339. The van der Waals surface area contributed by atoms with Gasteiger partial charge in [0.2, 0.25) is 0 Å². The van der Waals surface area contributed by atoms with Gasteiger partial charge < -0.3 is 10.0 Å². The maximum atomic E-state index is 8.90. The van der Waals surface area contributed by atoms with Crippen LogP contribution in [0.4, 0.5) is 0 Å². The molecule has 2 nitrogen and oxygen atoms in total. The number of aliphatic hydroxyl groups excluding tert-OH is 1. The van der Waals surface area contributed by atoms with Gasteiger partial charge in [0.1, 0.15) is 0 Å². The van der Waals surface area contributed by atoms with Crippen molar-refractivity contribution >= 4 is 0 Å². The molecule has 0 bridgehead atoms. The van der Waals surface area contributed by atoms with E-state index in [0.717, 1.165) is 38.9 Å². The number of terminal acetylenes is 1. The van der Waals surface area contributed by atoms with Gasteiger partial charge in [-0.15, -0.1) is 12.3 Å². The summed E-state index contributed by atoms with van der Waals surface area (Å²) in [5.41, 5.74) is 0. The molecule has 2 heteroatoms. The highest BCUT2D eigenvalue weighted by Gasteiger charge is 2.20. The van der Waals surface area contributed by atoms with E-state index in [1.54, 1.807) is 0 Å². The van der Waals surface area contributed by atoms with Gasteiger partial charge in [0.05, 0.1) is 0 Å². The van der Waals surface area contributed by atoms with E-state index in [0.29, 0.717) is 12.5 Å². The lowest BCUT2D eigenvalue weighted by Crippen LogP contribution is -2.22. The van der Waals surface area contributed by atoms with Crippen LogP contribution in [0.2, 0.25) is 0 Å². The van der Waals surface area contributed by atoms with E-state index < -0.39 is 0 Å². The van der Waals surface area contributed by atoms with Crippen LogP contribution in [0.3, 0.4) is 0 Å². The zero-order valence-electron chi connectivity index (χ0n) is 7.50. The van der Waals surface area contributed by atoms with Crippen LogP contribution < -0.4 is 0 Å². The van der Waals surface area contributed by atoms with Gasteiger partial charge in [0, 0.05) is 19.6 Å². The van der Waals surface area contributed by atoms with Crippen molar-refractivity contribution in [1.82, 2.24) is 4.90 Å². The minimum atomic E-state index is 0.339. The molecule has 0 aliphatic carbocycles. The predicted octanol–water partition coefficient (Wildman–Crippen LogP) is 0.714. The highest BCUT2D eigenvalue weighted by atomic mass is 16.3. The second-order valence-corrected chi connectivity index (χ2v) is 3.45. The molecule has 0 radical (unpaired) electrons. The Labute approximate surface area is 74.6 Å². The Balaban J connectivity index is 2.07. The Bertz CT molecular complexity index is 162. The molecule has 1 N–H and O–H groups in total. The average Bonchev–Trinajstić information content (AvgIpc) is 2.53. The van der Waals surface area contributed by atoms with Crippen molar-refractivity contribution < 1.29 is 5.11 Å². The fourth-order valence-corrected chi connectivity index (χ4v) is 1.67. The van der Waals surface area contributed by atoms with Crippen LogP contribution in [0.5, 0.6) is 0 Å². The highest BCUT2D eigenvalue weighted by molar-refractivity contribution is 4.84. The standard InChI is InChI=1S/C10H17NO/c1-2-3-4-6-11-7-5-10(8-11)9-12/h1,10,12H,3-9H2. The van der Waals surface area contributed by atoms with Gasteiger partial charge in [-0.3, -0.25) is 0 Å². The normalized spacial score (nSPS) is 24.2. The van der Waals surface area contributed by atoms with Crippen LogP contribution in [-0.2, 0) is 0 Å². The van der Waals surface area contributed by atoms with E-state index in [4.69, 9.17) is 11.5 Å².